The monoisotopic (exact) mass is 186 g/mol. The first kappa shape index (κ1) is 3.49. The molecule has 0 radical (unpaired) electrons. The van der Waals surface area contributed by atoms with Gasteiger partial charge in [0.05, 0.1) is 6.33 Å². The van der Waals surface area contributed by atoms with Gasteiger partial charge in [0.1, 0.15) is 5.52 Å². The van der Waals surface area contributed by atoms with E-state index < -0.39 is 36.4 Å². The minimum Gasteiger partial charge on any atom is -0.339 e. The van der Waals surface area contributed by atoms with Crippen molar-refractivity contribution in [3.63, 3.8) is 0 Å². The second-order valence-corrected chi connectivity index (χ2v) is 2.34. The Balaban J connectivity index is 3.13. The van der Waals surface area contributed by atoms with Crippen LogP contribution in [0.1, 0.15) is 6.85 Å². The van der Waals surface area contributed by atoms with Gasteiger partial charge in [0, 0.05) is 20.8 Å². The van der Waals surface area contributed by atoms with Crippen LogP contribution in [0.5, 0.6) is 0 Å². The van der Waals surface area contributed by atoms with E-state index >= 15 is 0 Å². The molecule has 2 aromatic heterocycles. The van der Waals surface area contributed by atoms with Crippen LogP contribution in [-0.4, -0.2) is 19.1 Å². The molecule has 0 atom stereocenters. The summed E-state index contributed by atoms with van der Waals surface area (Å²) in [5, 5.41) is 0. The third-order valence-corrected chi connectivity index (χ3v) is 1.61. The van der Waals surface area contributed by atoms with Gasteiger partial charge in [-0.3, -0.25) is 13.9 Å². The average Bonchev–Trinajstić information content (AvgIpc) is 2.57. The second-order valence-electron chi connectivity index (χ2n) is 2.34. The standard InChI is InChI=1S/C7H8N4O2/c1-10-5-4(8-3-9-5)6(12)11(2)7(10)13/h3H,1-2H3,(H,8,9)/i1D3,2D2/hD. The van der Waals surface area contributed by atoms with Crippen molar-refractivity contribution >= 4 is 11.2 Å². The van der Waals surface area contributed by atoms with E-state index in [4.69, 9.17) is 8.27 Å². The number of H-pyrrole nitrogens is 1. The Morgan fingerprint density at radius 1 is 1.62 bits per heavy atom. The highest BCUT2D eigenvalue weighted by Crippen LogP contribution is 1.97. The van der Waals surface area contributed by atoms with Crippen molar-refractivity contribution in [2.75, 3.05) is 0 Å². The smallest absolute Gasteiger partial charge is 0.332 e. The maximum absolute atomic E-state index is 11.9. The number of hydrogen-bond acceptors (Lipinski definition) is 3. The summed E-state index contributed by atoms with van der Waals surface area (Å²) in [7, 11) is 0. The summed E-state index contributed by atoms with van der Waals surface area (Å²) in [5.74, 6) is 0. The maximum Gasteiger partial charge on any atom is 0.332 e. The molecule has 68 valence electrons. The van der Waals surface area contributed by atoms with Gasteiger partial charge in [0.2, 0.25) is 0 Å². The Bertz CT molecular complexity index is 754. The lowest BCUT2D eigenvalue weighted by Crippen LogP contribution is -2.36. The molecule has 0 spiro atoms. The first-order valence-corrected chi connectivity index (χ1v) is 3.25. The van der Waals surface area contributed by atoms with E-state index in [1.54, 1.807) is 0 Å². The van der Waals surface area contributed by atoms with Crippen LogP contribution in [0.4, 0.5) is 0 Å². The number of imidazole rings is 1. The van der Waals surface area contributed by atoms with Crippen LogP contribution in [0.3, 0.4) is 0 Å². The van der Waals surface area contributed by atoms with Gasteiger partial charge in [-0.2, -0.15) is 0 Å². The van der Waals surface area contributed by atoms with Gasteiger partial charge in [-0.05, 0) is 0 Å². The Kier molecular flexibility index (Phi) is 0.622. The molecule has 0 fully saturated rings. The molecule has 1 N–H and O–H groups in total. The first-order chi connectivity index (χ1) is 8.66. The molecule has 0 unspecified atom stereocenters. The van der Waals surface area contributed by atoms with Gasteiger partial charge in [0.15, 0.2) is 7.06 Å². The SMILES string of the molecule is [2H]C([2H])n1c(=O)c2c(ncn2[2H])n(C([2H])([2H])[2H])c1=O. The predicted octanol–water partition coefficient (Wildman–Crippen LogP) is -1.04. The van der Waals surface area contributed by atoms with Gasteiger partial charge in [-0.25, -0.2) is 9.78 Å². The molecule has 2 rings (SSSR count). The number of hydrogen-bond donors (Lipinski definition) is 1. The Morgan fingerprint density at radius 2 is 2.46 bits per heavy atom. The van der Waals surface area contributed by atoms with E-state index in [1.165, 1.54) is 0 Å². The summed E-state index contributed by atoms with van der Waals surface area (Å²) >= 11 is 0. The fourth-order valence-electron chi connectivity index (χ4n) is 0.974. The van der Waals surface area contributed by atoms with Crippen molar-refractivity contribution in [1.82, 2.24) is 19.1 Å². The summed E-state index contributed by atoms with van der Waals surface area (Å²) in [5.41, 5.74) is -3.36. The van der Waals surface area contributed by atoms with Crippen molar-refractivity contribution in [2.45, 2.75) is 0 Å². The summed E-state index contributed by atoms with van der Waals surface area (Å²) in [4.78, 5) is 27.9. The van der Waals surface area contributed by atoms with Crippen LogP contribution in [0.15, 0.2) is 15.9 Å². The second kappa shape index (κ2) is 2.32. The Hall–Kier alpha value is -1.85. The zero-order valence-corrected chi connectivity index (χ0v) is 6.26. The van der Waals surface area contributed by atoms with Gasteiger partial charge >= 0.3 is 5.69 Å². The van der Waals surface area contributed by atoms with E-state index in [0.29, 0.717) is 4.98 Å². The molecule has 0 amide bonds. The fourth-order valence-corrected chi connectivity index (χ4v) is 0.974. The van der Waals surface area contributed by atoms with E-state index in [1.807, 2.05) is 0 Å². The van der Waals surface area contributed by atoms with Crippen molar-refractivity contribution in [3.8, 4) is 0 Å². The summed E-state index contributed by atoms with van der Waals surface area (Å²) in [6.07, 6.45) is 0.862. The molecule has 6 nitrogen and oxygen atoms in total. The summed E-state index contributed by atoms with van der Waals surface area (Å²) < 4.78 is 43.8. The molecule has 0 saturated carbocycles. The lowest BCUT2D eigenvalue weighted by atomic mass is 10.5. The van der Waals surface area contributed by atoms with Crippen molar-refractivity contribution in [3.05, 3.63) is 27.2 Å². The van der Waals surface area contributed by atoms with Crippen molar-refractivity contribution < 1.29 is 8.27 Å². The van der Waals surface area contributed by atoms with Gasteiger partial charge < -0.3 is 4.98 Å². The highest BCUT2D eigenvalue weighted by molar-refractivity contribution is 5.68. The zero-order valence-electron chi connectivity index (χ0n) is 12.3. The normalized spacial score (nSPS) is 18.8. The predicted molar refractivity (Wildman–Crippen MR) is 46.6 cm³/mol. The molecule has 0 aliphatic carbocycles. The third kappa shape index (κ3) is 0.851. The van der Waals surface area contributed by atoms with Crippen molar-refractivity contribution in [2.24, 2.45) is 14.0 Å². The molecular weight excluding hydrogens is 172 g/mol. The number of aromatic amines is 1. The molecule has 0 saturated heterocycles. The van der Waals surface area contributed by atoms with Gasteiger partial charge in [-0.1, -0.05) is 0 Å². The van der Waals surface area contributed by atoms with Crippen LogP contribution in [-0.2, 0) is 14.0 Å². The largest absolute Gasteiger partial charge is 0.339 e. The van der Waals surface area contributed by atoms with Crippen LogP contribution >= 0.6 is 0 Å². The highest BCUT2D eigenvalue weighted by atomic mass is 16.2. The number of fused-ring (bicyclic) bond motifs is 1. The van der Waals surface area contributed by atoms with Gasteiger partial charge in [-0.15, -0.1) is 0 Å². The molecule has 2 aromatic rings. The van der Waals surface area contributed by atoms with Crippen LogP contribution < -0.4 is 11.2 Å². The molecule has 6 heteroatoms. The maximum atomic E-state index is 11.9. The van der Waals surface area contributed by atoms with Crippen molar-refractivity contribution in [1.29, 1.82) is 0 Å². The molecule has 0 aliphatic heterocycles. The topological polar surface area (TPSA) is 72.7 Å². The minimum absolute atomic E-state index is 0.140. The molecule has 0 aromatic carbocycles. The lowest BCUT2D eigenvalue weighted by Gasteiger charge is -2.00. The third-order valence-electron chi connectivity index (χ3n) is 1.61. The number of rotatable bonds is 0. The summed E-state index contributed by atoms with van der Waals surface area (Å²) in [6.45, 7) is -4.96. The number of nitrogens with zero attached hydrogens (tertiary/aromatic N) is 3. The molecule has 0 aliphatic rings. The lowest BCUT2D eigenvalue weighted by molar-refractivity contribution is 0.709. The van der Waals surface area contributed by atoms with E-state index in [2.05, 4.69) is 4.98 Å². The highest BCUT2D eigenvalue weighted by Gasteiger charge is 2.08. The molecular formula is C7H8N4O2. The fraction of sp³-hybridized carbons (Fsp3) is 0.286. The quantitative estimate of drug-likeness (QED) is 0.571. The molecule has 13 heavy (non-hydrogen) atoms. The van der Waals surface area contributed by atoms with Crippen LogP contribution in [0.25, 0.3) is 11.2 Å². The van der Waals surface area contributed by atoms with Crippen LogP contribution in [0.2, 0.25) is 1.41 Å². The number of nitrogens with one attached hydrogen (secondary N) is 1. The first-order valence-electron chi connectivity index (χ1n) is 6.35. The molecule has 2 heterocycles. The number of aromatic nitrogens is 4. The van der Waals surface area contributed by atoms with E-state index in [-0.39, 0.29) is 9.13 Å². The summed E-state index contributed by atoms with van der Waals surface area (Å²) in [6, 6.07) is 0. The Labute approximate surface area is 80.9 Å². The van der Waals surface area contributed by atoms with Crippen LogP contribution in [0, 0.1) is 0 Å². The Morgan fingerprint density at radius 3 is 3.15 bits per heavy atom. The minimum atomic E-state index is -2.94. The number of aryl methyl sites for hydroxylation is 1. The van der Waals surface area contributed by atoms with Gasteiger partial charge in [0.25, 0.3) is 5.56 Å². The average molecular weight is 186 g/mol. The molecule has 0 bridgehead atoms. The van der Waals surface area contributed by atoms with E-state index in [9.17, 15) is 9.59 Å². The zero-order chi connectivity index (χ0) is 14.5. The van der Waals surface area contributed by atoms with E-state index in [0.717, 1.165) is 6.33 Å².